The lowest BCUT2D eigenvalue weighted by molar-refractivity contribution is -0.142. The van der Waals surface area contributed by atoms with Crippen molar-refractivity contribution in [2.45, 2.75) is 39.3 Å². The topological polar surface area (TPSA) is 116 Å². The van der Waals surface area contributed by atoms with E-state index >= 15 is 0 Å². The minimum absolute atomic E-state index is 0.0774. The van der Waals surface area contributed by atoms with Gasteiger partial charge in [-0.2, -0.15) is 0 Å². The predicted octanol–water partition coefficient (Wildman–Crippen LogP) is -0.901. The molecule has 0 radical (unpaired) electrons. The van der Waals surface area contributed by atoms with Crippen LogP contribution in [0.3, 0.4) is 0 Å². The lowest BCUT2D eigenvalue weighted by Gasteiger charge is -2.23. The Kier molecular flexibility index (Phi) is 6.96. The van der Waals surface area contributed by atoms with Crippen molar-refractivity contribution in [2.75, 3.05) is 6.61 Å². The van der Waals surface area contributed by atoms with Crippen molar-refractivity contribution in [2.24, 2.45) is 5.92 Å². The fourth-order valence-corrected chi connectivity index (χ4v) is 1.40. The summed E-state index contributed by atoms with van der Waals surface area (Å²) in [5.74, 6) is -2.32. The summed E-state index contributed by atoms with van der Waals surface area (Å²) in [7, 11) is 0. The van der Waals surface area contributed by atoms with Crippen LogP contribution in [0.5, 0.6) is 0 Å². The van der Waals surface area contributed by atoms with Crippen LogP contribution < -0.4 is 10.6 Å². The average Bonchev–Trinajstić information content (AvgIpc) is 2.24. The van der Waals surface area contributed by atoms with Gasteiger partial charge in [0.2, 0.25) is 11.8 Å². The van der Waals surface area contributed by atoms with E-state index in [-0.39, 0.29) is 24.9 Å². The predicted molar refractivity (Wildman–Crippen MR) is 63.7 cm³/mol. The zero-order valence-electron chi connectivity index (χ0n) is 10.8. The van der Waals surface area contributed by atoms with Crippen molar-refractivity contribution >= 4 is 17.8 Å². The molecule has 0 aliphatic rings. The van der Waals surface area contributed by atoms with Crippen LogP contribution in [-0.4, -0.2) is 46.7 Å². The van der Waals surface area contributed by atoms with Crippen molar-refractivity contribution in [3.8, 4) is 0 Å². The van der Waals surface area contributed by atoms with E-state index in [0.717, 1.165) is 0 Å². The van der Waals surface area contributed by atoms with Gasteiger partial charge in [-0.15, -0.1) is 0 Å². The maximum atomic E-state index is 11.8. The molecule has 0 heterocycles. The summed E-state index contributed by atoms with van der Waals surface area (Å²) in [6.07, 6.45) is -0.0774. The minimum atomic E-state index is -1.22. The van der Waals surface area contributed by atoms with Gasteiger partial charge in [-0.05, 0) is 5.92 Å². The Balaban J connectivity index is 4.66. The third kappa shape index (κ3) is 5.62. The highest BCUT2D eigenvalue weighted by Gasteiger charge is 2.27. The van der Waals surface area contributed by atoms with E-state index in [0.29, 0.717) is 0 Å². The van der Waals surface area contributed by atoms with E-state index < -0.39 is 24.0 Å². The molecule has 18 heavy (non-hydrogen) atoms. The fraction of sp³-hybridized carbons (Fsp3) is 0.727. The van der Waals surface area contributed by atoms with Crippen LogP contribution in [0.2, 0.25) is 0 Å². The molecule has 0 saturated heterocycles. The van der Waals surface area contributed by atoms with Crippen molar-refractivity contribution in [3.05, 3.63) is 0 Å². The molecule has 0 fully saturated rings. The van der Waals surface area contributed by atoms with Crippen LogP contribution in [0.15, 0.2) is 0 Å². The van der Waals surface area contributed by atoms with Gasteiger partial charge < -0.3 is 20.8 Å². The molecule has 2 atom stereocenters. The van der Waals surface area contributed by atoms with Gasteiger partial charge in [-0.25, -0.2) is 4.79 Å². The number of nitrogens with one attached hydrogen (secondary N) is 2. The number of carbonyl (C=O) groups excluding carboxylic acids is 2. The van der Waals surface area contributed by atoms with Gasteiger partial charge in [-0.1, -0.05) is 13.8 Å². The van der Waals surface area contributed by atoms with Gasteiger partial charge in [0.1, 0.15) is 12.1 Å². The Hall–Kier alpha value is -1.63. The summed E-state index contributed by atoms with van der Waals surface area (Å²) in [5, 5.41) is 22.3. The molecule has 7 nitrogen and oxygen atoms in total. The Morgan fingerprint density at radius 1 is 1.17 bits per heavy atom. The lowest BCUT2D eigenvalue weighted by atomic mass is 10.0. The number of aliphatic hydroxyl groups is 1. The second-order valence-corrected chi connectivity index (χ2v) is 4.33. The summed E-state index contributed by atoms with van der Waals surface area (Å²) in [6, 6.07) is -1.94. The molecule has 2 amide bonds. The summed E-state index contributed by atoms with van der Waals surface area (Å²) >= 11 is 0. The Morgan fingerprint density at radius 3 is 2.06 bits per heavy atom. The first-order valence-corrected chi connectivity index (χ1v) is 5.70. The highest BCUT2D eigenvalue weighted by molar-refractivity contribution is 5.90. The summed E-state index contributed by atoms with van der Waals surface area (Å²) in [4.78, 5) is 33.6. The molecule has 0 aromatic rings. The molecule has 0 rings (SSSR count). The van der Waals surface area contributed by atoms with Crippen LogP contribution >= 0.6 is 0 Å². The smallest absolute Gasteiger partial charge is 0.326 e. The molecular formula is C11H20N2O5. The maximum Gasteiger partial charge on any atom is 0.326 e. The Labute approximate surface area is 106 Å². The molecule has 104 valence electrons. The van der Waals surface area contributed by atoms with E-state index in [2.05, 4.69) is 10.6 Å². The minimum Gasteiger partial charge on any atom is -0.480 e. The number of carboxylic acids is 1. The third-order valence-electron chi connectivity index (χ3n) is 2.34. The van der Waals surface area contributed by atoms with Crippen LogP contribution in [0.4, 0.5) is 0 Å². The molecule has 0 saturated carbocycles. The van der Waals surface area contributed by atoms with Gasteiger partial charge in [0, 0.05) is 20.0 Å². The van der Waals surface area contributed by atoms with Crippen LogP contribution in [0.1, 0.15) is 27.2 Å². The number of amides is 2. The molecule has 0 spiro atoms. The lowest BCUT2D eigenvalue weighted by Crippen LogP contribution is -2.53. The quantitative estimate of drug-likeness (QED) is 0.473. The van der Waals surface area contributed by atoms with Crippen LogP contribution in [0.25, 0.3) is 0 Å². The van der Waals surface area contributed by atoms with Gasteiger partial charge in [-0.3, -0.25) is 9.59 Å². The van der Waals surface area contributed by atoms with Crippen molar-refractivity contribution < 1.29 is 24.6 Å². The molecule has 0 aliphatic heterocycles. The Morgan fingerprint density at radius 2 is 1.72 bits per heavy atom. The first-order chi connectivity index (χ1) is 8.29. The van der Waals surface area contributed by atoms with E-state index in [4.69, 9.17) is 10.2 Å². The number of aliphatic carboxylic acids is 1. The summed E-state index contributed by atoms with van der Waals surface area (Å²) in [6.45, 7) is 4.42. The first-order valence-electron chi connectivity index (χ1n) is 5.70. The molecule has 0 bridgehead atoms. The highest BCUT2D eigenvalue weighted by Crippen LogP contribution is 2.03. The summed E-state index contributed by atoms with van der Waals surface area (Å²) < 4.78 is 0. The standard InChI is InChI=1S/C11H20N2O5/c1-6(2)9(12-7(3)15)10(16)13-8(4-5-14)11(17)18/h6,8-9,14H,4-5H2,1-3H3,(H,12,15)(H,13,16)(H,17,18)/t8-,9?/m0/s1. The summed E-state index contributed by atoms with van der Waals surface area (Å²) in [5.41, 5.74) is 0. The number of hydrogen-bond donors (Lipinski definition) is 4. The second-order valence-electron chi connectivity index (χ2n) is 4.33. The molecular weight excluding hydrogens is 240 g/mol. The monoisotopic (exact) mass is 260 g/mol. The second kappa shape index (κ2) is 7.65. The third-order valence-corrected chi connectivity index (χ3v) is 2.34. The van der Waals surface area contributed by atoms with E-state index in [1.165, 1.54) is 6.92 Å². The van der Waals surface area contributed by atoms with Crippen molar-refractivity contribution in [1.29, 1.82) is 0 Å². The SMILES string of the molecule is CC(=O)NC(C(=O)N[C@@H](CCO)C(=O)O)C(C)C. The van der Waals surface area contributed by atoms with E-state index in [1.54, 1.807) is 13.8 Å². The molecule has 7 heteroatoms. The van der Waals surface area contributed by atoms with Crippen molar-refractivity contribution in [3.63, 3.8) is 0 Å². The highest BCUT2D eigenvalue weighted by atomic mass is 16.4. The molecule has 1 unspecified atom stereocenters. The molecule has 0 aromatic heterocycles. The largest absolute Gasteiger partial charge is 0.480 e. The average molecular weight is 260 g/mol. The van der Waals surface area contributed by atoms with E-state index in [9.17, 15) is 14.4 Å². The normalized spacial score (nSPS) is 13.8. The number of hydrogen-bond acceptors (Lipinski definition) is 4. The number of aliphatic hydroxyl groups excluding tert-OH is 1. The van der Waals surface area contributed by atoms with Crippen LogP contribution in [-0.2, 0) is 14.4 Å². The van der Waals surface area contributed by atoms with Crippen LogP contribution in [0, 0.1) is 5.92 Å². The Bertz CT molecular complexity index is 317. The zero-order chi connectivity index (χ0) is 14.3. The zero-order valence-corrected chi connectivity index (χ0v) is 10.8. The number of rotatable bonds is 7. The number of carboxylic acid groups (broad SMARTS) is 1. The molecule has 0 aliphatic carbocycles. The van der Waals surface area contributed by atoms with Gasteiger partial charge in [0.15, 0.2) is 0 Å². The number of carbonyl (C=O) groups is 3. The fourth-order valence-electron chi connectivity index (χ4n) is 1.40. The van der Waals surface area contributed by atoms with Gasteiger partial charge in [0.25, 0.3) is 0 Å². The molecule has 4 N–H and O–H groups in total. The maximum absolute atomic E-state index is 11.8. The van der Waals surface area contributed by atoms with Gasteiger partial charge >= 0.3 is 5.97 Å². The molecule has 0 aromatic carbocycles. The van der Waals surface area contributed by atoms with E-state index in [1.807, 2.05) is 0 Å². The van der Waals surface area contributed by atoms with Gasteiger partial charge in [0.05, 0.1) is 0 Å². The van der Waals surface area contributed by atoms with Crippen molar-refractivity contribution in [1.82, 2.24) is 10.6 Å². The first kappa shape index (κ1) is 16.4.